The van der Waals surface area contributed by atoms with E-state index in [1.54, 1.807) is 4.90 Å². The lowest BCUT2D eigenvalue weighted by Crippen LogP contribution is -2.38. The molecule has 0 aromatic carbocycles. The average molecular weight is 397 g/mol. The maximum Gasteiger partial charge on any atom is 0.417 e. The minimum atomic E-state index is -4.40. The molecule has 2 heterocycles. The molecule has 0 radical (unpaired) electrons. The summed E-state index contributed by atoms with van der Waals surface area (Å²) in [7, 11) is 0. The number of nitrogens with zero attached hydrogens (tertiary/aromatic N) is 3. The lowest BCUT2D eigenvalue weighted by atomic mass is 9.98. The number of alkyl halides is 3. The summed E-state index contributed by atoms with van der Waals surface area (Å²) in [6, 6.07) is 1.13. The first kappa shape index (κ1) is 22.4. The van der Waals surface area contributed by atoms with Crippen molar-refractivity contribution in [1.82, 2.24) is 14.8 Å². The van der Waals surface area contributed by atoms with Gasteiger partial charge in [0, 0.05) is 31.4 Å². The van der Waals surface area contributed by atoms with Crippen molar-refractivity contribution in [2.45, 2.75) is 46.2 Å². The van der Waals surface area contributed by atoms with Crippen molar-refractivity contribution < 1.29 is 18.0 Å². The van der Waals surface area contributed by atoms with Gasteiger partial charge < -0.3 is 9.80 Å². The summed E-state index contributed by atoms with van der Waals surface area (Å²) < 4.78 is 38.6. The minimum Gasteiger partial charge on any atom is -0.338 e. The maximum atomic E-state index is 12.9. The summed E-state index contributed by atoms with van der Waals surface area (Å²) in [6.45, 7) is 10.2. The zero-order valence-corrected chi connectivity index (χ0v) is 16.9. The number of hydrogen-bond donors (Lipinski definition) is 0. The highest BCUT2D eigenvalue weighted by atomic mass is 19.4. The van der Waals surface area contributed by atoms with Crippen LogP contribution < -0.4 is 0 Å². The van der Waals surface area contributed by atoms with Crippen LogP contribution in [0, 0.1) is 5.92 Å². The highest BCUT2D eigenvalue weighted by molar-refractivity contribution is 5.80. The number of hydrogen-bond acceptors (Lipinski definition) is 3. The van der Waals surface area contributed by atoms with E-state index in [4.69, 9.17) is 0 Å². The summed E-state index contributed by atoms with van der Waals surface area (Å²) in [5.74, 6) is 0.0813. The van der Waals surface area contributed by atoms with Crippen molar-refractivity contribution >= 4 is 11.5 Å². The smallest absolute Gasteiger partial charge is 0.338 e. The van der Waals surface area contributed by atoms with Crippen molar-refractivity contribution in [1.29, 1.82) is 0 Å². The quantitative estimate of drug-likeness (QED) is 0.649. The van der Waals surface area contributed by atoms with Crippen LogP contribution in [0.1, 0.15) is 51.2 Å². The monoisotopic (exact) mass is 397 g/mol. The molecule has 28 heavy (non-hydrogen) atoms. The van der Waals surface area contributed by atoms with Crippen molar-refractivity contribution in [3.63, 3.8) is 0 Å². The van der Waals surface area contributed by atoms with Gasteiger partial charge in [0.1, 0.15) is 0 Å². The molecule has 1 atom stereocenters. The van der Waals surface area contributed by atoms with Gasteiger partial charge in [-0.3, -0.25) is 9.78 Å². The molecule has 0 saturated heterocycles. The van der Waals surface area contributed by atoms with Crippen LogP contribution in [0.2, 0.25) is 0 Å². The Balaban J connectivity index is 1.91. The van der Waals surface area contributed by atoms with Gasteiger partial charge in [0.25, 0.3) is 0 Å². The van der Waals surface area contributed by atoms with Crippen LogP contribution in [0.4, 0.5) is 13.2 Å². The third kappa shape index (κ3) is 6.06. The molecule has 1 aliphatic rings. The molecule has 0 fully saturated rings. The van der Waals surface area contributed by atoms with Gasteiger partial charge >= 0.3 is 6.18 Å². The average Bonchev–Trinajstić information content (AvgIpc) is 2.70. The fraction of sp³-hybridized carbons (Fsp3) is 0.619. The normalized spacial score (nSPS) is 16.2. The van der Waals surface area contributed by atoms with E-state index in [9.17, 15) is 18.0 Å². The van der Waals surface area contributed by atoms with E-state index in [2.05, 4.69) is 23.7 Å². The molecule has 7 heteroatoms. The maximum absolute atomic E-state index is 12.9. The second-order valence-electron chi connectivity index (χ2n) is 7.29. The first-order valence-corrected chi connectivity index (χ1v) is 9.99. The fourth-order valence-corrected chi connectivity index (χ4v) is 3.50. The van der Waals surface area contributed by atoms with Gasteiger partial charge in [-0.05, 0) is 56.1 Å². The molecule has 0 bridgehead atoms. The molecule has 0 saturated carbocycles. The number of carbonyl (C=O) groups is 1. The number of rotatable bonds is 8. The molecule has 156 valence electrons. The summed E-state index contributed by atoms with van der Waals surface area (Å²) in [6.07, 6.45) is 2.11. The van der Waals surface area contributed by atoms with Crippen LogP contribution in [0.5, 0.6) is 0 Å². The Hall–Kier alpha value is -1.89. The topological polar surface area (TPSA) is 36.4 Å². The van der Waals surface area contributed by atoms with E-state index in [0.717, 1.165) is 50.3 Å². The van der Waals surface area contributed by atoms with E-state index < -0.39 is 11.7 Å². The van der Waals surface area contributed by atoms with E-state index in [-0.39, 0.29) is 11.8 Å². The molecular weight excluding hydrogens is 367 g/mol. The Morgan fingerprint density at radius 3 is 2.57 bits per heavy atom. The van der Waals surface area contributed by atoms with Gasteiger partial charge in [0.05, 0.1) is 5.56 Å². The van der Waals surface area contributed by atoms with Gasteiger partial charge in [0.2, 0.25) is 5.91 Å². The fourth-order valence-electron chi connectivity index (χ4n) is 3.50. The molecule has 0 N–H and O–H groups in total. The Labute approximate surface area is 165 Å². The standard InChI is InChI=1S/C21H30F3N3O/c1-4-26(5-2)10-6-7-16(3)20(28)27-11-8-17(9-12-27)18-13-19(15-25-14-18)21(22,23)24/h8,13-16H,4-7,9-12H2,1-3H3. The first-order chi connectivity index (χ1) is 13.3. The van der Waals surface area contributed by atoms with E-state index in [1.165, 1.54) is 6.20 Å². The Morgan fingerprint density at radius 1 is 1.29 bits per heavy atom. The Kier molecular flexibility index (Phi) is 8.04. The highest BCUT2D eigenvalue weighted by Crippen LogP contribution is 2.31. The van der Waals surface area contributed by atoms with Crippen molar-refractivity contribution in [2.24, 2.45) is 5.92 Å². The molecule has 1 aromatic heterocycles. The van der Waals surface area contributed by atoms with Crippen LogP contribution in [0.25, 0.3) is 5.57 Å². The molecule has 4 nitrogen and oxygen atoms in total. The minimum absolute atomic E-state index is 0.0410. The third-order valence-electron chi connectivity index (χ3n) is 5.38. The van der Waals surface area contributed by atoms with Crippen molar-refractivity contribution in [3.05, 3.63) is 35.7 Å². The zero-order chi connectivity index (χ0) is 20.7. The lowest BCUT2D eigenvalue weighted by Gasteiger charge is -2.29. The molecule has 1 aromatic rings. The van der Waals surface area contributed by atoms with E-state index in [1.807, 2.05) is 13.0 Å². The highest BCUT2D eigenvalue weighted by Gasteiger charge is 2.31. The van der Waals surface area contributed by atoms with Gasteiger partial charge in [-0.2, -0.15) is 13.2 Å². The Bertz CT molecular complexity index is 684. The summed E-state index contributed by atoms with van der Waals surface area (Å²) in [5.41, 5.74) is 0.553. The van der Waals surface area contributed by atoms with Gasteiger partial charge in [0.15, 0.2) is 0 Å². The molecular formula is C21H30F3N3O. The van der Waals surface area contributed by atoms with Crippen LogP contribution >= 0.6 is 0 Å². The number of carbonyl (C=O) groups excluding carboxylic acids is 1. The van der Waals surface area contributed by atoms with Crippen molar-refractivity contribution in [3.8, 4) is 0 Å². The van der Waals surface area contributed by atoms with Crippen LogP contribution in [0.3, 0.4) is 0 Å². The van der Waals surface area contributed by atoms with Crippen LogP contribution in [0.15, 0.2) is 24.5 Å². The second kappa shape index (κ2) is 10.0. The largest absolute Gasteiger partial charge is 0.417 e. The summed E-state index contributed by atoms with van der Waals surface area (Å²) >= 11 is 0. The molecule has 1 aliphatic heterocycles. The molecule has 0 aliphatic carbocycles. The summed E-state index contributed by atoms with van der Waals surface area (Å²) in [4.78, 5) is 20.5. The van der Waals surface area contributed by atoms with Crippen LogP contribution in [-0.4, -0.2) is 53.4 Å². The SMILES string of the molecule is CCN(CC)CCCC(C)C(=O)N1CC=C(c2cncc(C(F)(F)F)c2)CC1. The molecule has 1 unspecified atom stereocenters. The number of pyridine rings is 1. The molecule has 2 rings (SSSR count). The molecule has 0 spiro atoms. The second-order valence-corrected chi connectivity index (χ2v) is 7.29. The Morgan fingerprint density at radius 2 is 2.00 bits per heavy atom. The van der Waals surface area contributed by atoms with Crippen LogP contribution in [-0.2, 0) is 11.0 Å². The number of amides is 1. The zero-order valence-electron chi connectivity index (χ0n) is 16.9. The molecule has 1 amide bonds. The lowest BCUT2D eigenvalue weighted by molar-refractivity contribution is -0.138. The third-order valence-corrected chi connectivity index (χ3v) is 5.38. The van der Waals surface area contributed by atoms with E-state index in [0.29, 0.717) is 25.1 Å². The summed E-state index contributed by atoms with van der Waals surface area (Å²) in [5, 5.41) is 0. The van der Waals surface area contributed by atoms with E-state index >= 15 is 0 Å². The van der Waals surface area contributed by atoms with Crippen molar-refractivity contribution in [2.75, 3.05) is 32.7 Å². The number of halogens is 3. The van der Waals surface area contributed by atoms with Gasteiger partial charge in [-0.1, -0.05) is 26.8 Å². The first-order valence-electron chi connectivity index (χ1n) is 9.99. The number of aromatic nitrogens is 1. The van der Waals surface area contributed by atoms with Gasteiger partial charge in [-0.15, -0.1) is 0 Å². The van der Waals surface area contributed by atoms with Gasteiger partial charge in [-0.25, -0.2) is 0 Å². The predicted molar refractivity (Wildman–Crippen MR) is 105 cm³/mol. The predicted octanol–water partition coefficient (Wildman–Crippen LogP) is 4.47.